The van der Waals surface area contributed by atoms with E-state index in [4.69, 9.17) is 10.1 Å². The Morgan fingerprint density at radius 3 is 2.54 bits per heavy atom. The summed E-state index contributed by atoms with van der Waals surface area (Å²) in [4.78, 5) is 0. The molecular formula is C11H15NO. The van der Waals surface area contributed by atoms with Gasteiger partial charge in [-0.3, -0.25) is 5.41 Å². The zero-order valence-corrected chi connectivity index (χ0v) is 8.35. The van der Waals surface area contributed by atoms with Crippen LogP contribution in [0.25, 0.3) is 0 Å². The molecule has 0 saturated heterocycles. The molecule has 2 heteroatoms. The summed E-state index contributed by atoms with van der Waals surface area (Å²) in [5, 5.41) is 7.38. The smallest absolute Gasteiger partial charge is 0.184 e. The highest BCUT2D eigenvalue weighted by atomic mass is 16.5. The van der Waals surface area contributed by atoms with E-state index in [9.17, 15) is 0 Å². The Morgan fingerprint density at radius 1 is 1.31 bits per heavy atom. The van der Waals surface area contributed by atoms with Gasteiger partial charge in [-0.05, 0) is 30.5 Å². The van der Waals surface area contributed by atoms with E-state index in [1.807, 2.05) is 6.07 Å². The van der Waals surface area contributed by atoms with Gasteiger partial charge >= 0.3 is 0 Å². The van der Waals surface area contributed by atoms with Crippen molar-refractivity contribution in [1.29, 1.82) is 5.41 Å². The molecule has 1 aromatic carbocycles. The second kappa shape index (κ2) is 4.08. The molecule has 70 valence electrons. The lowest BCUT2D eigenvalue weighted by Crippen LogP contribution is -2.03. The number of ether oxygens (including phenoxy) is 1. The molecule has 0 heterocycles. The predicted octanol–water partition coefficient (Wildman–Crippen LogP) is 2.47. The van der Waals surface area contributed by atoms with Gasteiger partial charge in [-0.15, -0.1) is 0 Å². The van der Waals surface area contributed by atoms with Crippen LogP contribution in [-0.2, 0) is 11.2 Å². The van der Waals surface area contributed by atoms with Crippen LogP contribution in [-0.4, -0.2) is 13.0 Å². The summed E-state index contributed by atoms with van der Waals surface area (Å²) in [6.07, 6.45) is 0.581. The third-order valence-electron chi connectivity index (χ3n) is 2.18. The van der Waals surface area contributed by atoms with E-state index in [0.29, 0.717) is 12.3 Å². The normalized spacial score (nSPS) is 9.77. The molecule has 0 amide bonds. The Kier molecular flexibility index (Phi) is 3.07. The van der Waals surface area contributed by atoms with Crippen molar-refractivity contribution in [2.45, 2.75) is 20.3 Å². The minimum Gasteiger partial charge on any atom is -0.484 e. The molecule has 1 aromatic rings. The predicted molar refractivity (Wildman–Crippen MR) is 54.4 cm³/mol. The van der Waals surface area contributed by atoms with Crippen LogP contribution in [0.15, 0.2) is 18.2 Å². The van der Waals surface area contributed by atoms with Crippen LogP contribution in [0.1, 0.15) is 16.7 Å². The average molecular weight is 177 g/mol. The molecule has 2 nitrogen and oxygen atoms in total. The lowest BCUT2D eigenvalue weighted by molar-refractivity contribution is 0.390. The number of hydrogen-bond donors (Lipinski definition) is 1. The number of aryl methyl sites for hydroxylation is 2. The fourth-order valence-electron chi connectivity index (χ4n) is 1.17. The van der Waals surface area contributed by atoms with Crippen molar-refractivity contribution in [3.8, 4) is 0 Å². The molecule has 1 rings (SSSR count). The molecule has 0 spiro atoms. The van der Waals surface area contributed by atoms with Crippen molar-refractivity contribution in [3.05, 3.63) is 34.9 Å². The molecule has 0 aliphatic rings. The summed E-state index contributed by atoms with van der Waals surface area (Å²) in [7, 11) is 1.53. The summed E-state index contributed by atoms with van der Waals surface area (Å²) in [5.41, 5.74) is 3.68. The fraction of sp³-hybridized carbons (Fsp3) is 0.364. The Labute approximate surface area is 79.1 Å². The summed E-state index contributed by atoms with van der Waals surface area (Å²) in [6.45, 7) is 4.16. The van der Waals surface area contributed by atoms with Crippen molar-refractivity contribution in [2.24, 2.45) is 0 Å². The zero-order chi connectivity index (χ0) is 9.84. The van der Waals surface area contributed by atoms with Gasteiger partial charge in [0.25, 0.3) is 0 Å². The van der Waals surface area contributed by atoms with Crippen LogP contribution >= 0.6 is 0 Å². The van der Waals surface area contributed by atoms with Crippen molar-refractivity contribution < 1.29 is 4.74 Å². The third-order valence-corrected chi connectivity index (χ3v) is 2.18. The average Bonchev–Trinajstić information content (AvgIpc) is 2.11. The molecule has 0 aliphatic carbocycles. The van der Waals surface area contributed by atoms with E-state index < -0.39 is 0 Å². The lowest BCUT2D eigenvalue weighted by atomic mass is 10.0. The van der Waals surface area contributed by atoms with Crippen molar-refractivity contribution in [1.82, 2.24) is 0 Å². The zero-order valence-electron chi connectivity index (χ0n) is 8.35. The first kappa shape index (κ1) is 9.78. The van der Waals surface area contributed by atoms with Gasteiger partial charge in [0.05, 0.1) is 7.11 Å². The highest BCUT2D eigenvalue weighted by Crippen LogP contribution is 2.10. The highest BCUT2D eigenvalue weighted by Gasteiger charge is 2.00. The van der Waals surface area contributed by atoms with Crippen molar-refractivity contribution in [2.75, 3.05) is 7.11 Å². The van der Waals surface area contributed by atoms with Gasteiger partial charge in [-0.25, -0.2) is 0 Å². The molecule has 0 aliphatic heterocycles. The van der Waals surface area contributed by atoms with Gasteiger partial charge in [0.2, 0.25) is 0 Å². The molecule has 13 heavy (non-hydrogen) atoms. The van der Waals surface area contributed by atoms with Gasteiger partial charge in [0, 0.05) is 6.42 Å². The summed E-state index contributed by atoms with van der Waals surface area (Å²) < 4.78 is 4.81. The monoisotopic (exact) mass is 177 g/mol. The summed E-state index contributed by atoms with van der Waals surface area (Å²) in [6, 6.07) is 6.21. The van der Waals surface area contributed by atoms with Crippen LogP contribution in [0.2, 0.25) is 0 Å². The van der Waals surface area contributed by atoms with Gasteiger partial charge in [-0.2, -0.15) is 0 Å². The second-order valence-corrected chi connectivity index (χ2v) is 3.22. The molecule has 1 N–H and O–H groups in total. The fourth-order valence-corrected chi connectivity index (χ4v) is 1.17. The third kappa shape index (κ3) is 2.58. The van der Waals surface area contributed by atoms with E-state index in [0.717, 1.165) is 5.56 Å². The Bertz CT molecular complexity index is 318. The van der Waals surface area contributed by atoms with Gasteiger partial charge in [0.15, 0.2) is 5.90 Å². The highest BCUT2D eigenvalue weighted by molar-refractivity contribution is 5.75. The van der Waals surface area contributed by atoms with Crippen molar-refractivity contribution in [3.63, 3.8) is 0 Å². The molecule has 0 bridgehead atoms. The first-order valence-corrected chi connectivity index (χ1v) is 4.31. The molecule has 0 unspecified atom stereocenters. The molecular weight excluding hydrogens is 162 g/mol. The maximum Gasteiger partial charge on any atom is 0.184 e. The Balaban J connectivity index is 2.79. The number of rotatable bonds is 2. The Hall–Kier alpha value is -1.31. The SMILES string of the molecule is COC(=N)Cc1ccc(C)c(C)c1. The number of nitrogens with one attached hydrogen (secondary N) is 1. The second-order valence-electron chi connectivity index (χ2n) is 3.22. The van der Waals surface area contributed by atoms with Crippen LogP contribution in [0.5, 0.6) is 0 Å². The van der Waals surface area contributed by atoms with Crippen LogP contribution in [0, 0.1) is 19.3 Å². The standard InChI is InChI=1S/C11H15NO/c1-8-4-5-10(6-9(8)2)7-11(12)13-3/h4-6,12H,7H2,1-3H3. The summed E-state index contributed by atoms with van der Waals surface area (Å²) >= 11 is 0. The van der Waals surface area contributed by atoms with Gasteiger partial charge in [0.1, 0.15) is 0 Å². The largest absolute Gasteiger partial charge is 0.484 e. The molecule has 0 saturated carbocycles. The van der Waals surface area contributed by atoms with E-state index in [-0.39, 0.29) is 0 Å². The van der Waals surface area contributed by atoms with E-state index in [1.165, 1.54) is 18.2 Å². The molecule has 0 atom stereocenters. The quantitative estimate of drug-likeness (QED) is 0.546. The van der Waals surface area contributed by atoms with Gasteiger partial charge in [-0.1, -0.05) is 18.2 Å². The van der Waals surface area contributed by atoms with Crippen LogP contribution in [0.4, 0.5) is 0 Å². The topological polar surface area (TPSA) is 33.1 Å². The first-order valence-electron chi connectivity index (χ1n) is 4.31. The maximum atomic E-state index is 7.38. The van der Waals surface area contributed by atoms with E-state index >= 15 is 0 Å². The minimum absolute atomic E-state index is 0.309. The maximum absolute atomic E-state index is 7.38. The number of methoxy groups -OCH3 is 1. The van der Waals surface area contributed by atoms with E-state index in [1.54, 1.807) is 0 Å². The first-order chi connectivity index (χ1) is 6.13. The number of benzene rings is 1. The van der Waals surface area contributed by atoms with Gasteiger partial charge < -0.3 is 4.74 Å². The molecule has 0 radical (unpaired) electrons. The Morgan fingerprint density at radius 2 is 2.00 bits per heavy atom. The van der Waals surface area contributed by atoms with Crippen LogP contribution in [0.3, 0.4) is 0 Å². The lowest BCUT2D eigenvalue weighted by Gasteiger charge is -2.05. The van der Waals surface area contributed by atoms with E-state index in [2.05, 4.69) is 26.0 Å². The molecule has 0 fully saturated rings. The summed E-state index contributed by atoms with van der Waals surface area (Å²) in [5.74, 6) is 0.309. The van der Waals surface area contributed by atoms with Crippen molar-refractivity contribution >= 4 is 5.90 Å². The molecule has 0 aromatic heterocycles. The number of hydrogen-bond acceptors (Lipinski definition) is 2. The van der Waals surface area contributed by atoms with Crippen LogP contribution < -0.4 is 0 Å². The minimum atomic E-state index is 0.309.